The predicted octanol–water partition coefficient (Wildman–Crippen LogP) is 3.01. The van der Waals surface area contributed by atoms with Gasteiger partial charge in [-0.2, -0.15) is 0 Å². The molecule has 0 saturated carbocycles. The molecule has 150 valence electrons. The van der Waals surface area contributed by atoms with E-state index in [1.54, 1.807) is 32.4 Å². The van der Waals surface area contributed by atoms with Gasteiger partial charge in [0.15, 0.2) is 5.78 Å². The van der Waals surface area contributed by atoms with Gasteiger partial charge in [-0.1, -0.05) is 40.2 Å². The molecule has 1 aromatic heterocycles. The van der Waals surface area contributed by atoms with Gasteiger partial charge >= 0.3 is 5.69 Å². The number of Topliss-reactive ketones (excluding diaryl/α,β-unsaturated/α-hetero) is 1. The van der Waals surface area contributed by atoms with Crippen LogP contribution in [0.15, 0.2) is 62.1 Å². The third-order valence-corrected chi connectivity index (χ3v) is 6.13. The Labute approximate surface area is 179 Å². The van der Waals surface area contributed by atoms with Gasteiger partial charge in [0.25, 0.3) is 5.56 Å². The summed E-state index contributed by atoms with van der Waals surface area (Å²) < 4.78 is 7.70. The number of nitrogens with one attached hydrogen (secondary N) is 2. The van der Waals surface area contributed by atoms with E-state index < -0.39 is 17.2 Å². The zero-order chi connectivity index (χ0) is 21.2. The number of benzene rings is 2. The number of fused-ring (bicyclic) bond motifs is 3. The average Bonchev–Trinajstić information content (AvgIpc) is 3.03. The molecule has 0 unspecified atom stereocenters. The largest absolute Gasteiger partial charge is 0.496 e. The van der Waals surface area contributed by atoms with E-state index in [0.29, 0.717) is 39.5 Å². The zero-order valence-corrected chi connectivity index (χ0v) is 17.7. The van der Waals surface area contributed by atoms with Crippen molar-refractivity contribution in [3.05, 3.63) is 95.6 Å². The second-order valence-corrected chi connectivity index (χ2v) is 8.10. The lowest BCUT2D eigenvalue weighted by atomic mass is 9.81. The van der Waals surface area contributed by atoms with Crippen molar-refractivity contribution in [3.63, 3.8) is 0 Å². The number of aromatic amines is 1. The molecular weight excluding hydrogens is 450 g/mol. The molecule has 1 aliphatic heterocycles. The molecule has 0 amide bonds. The van der Waals surface area contributed by atoms with Gasteiger partial charge in [-0.05, 0) is 18.2 Å². The summed E-state index contributed by atoms with van der Waals surface area (Å²) in [4.78, 5) is 41.1. The number of H-pyrrole nitrogens is 1. The van der Waals surface area contributed by atoms with E-state index in [-0.39, 0.29) is 5.78 Å². The van der Waals surface area contributed by atoms with Gasteiger partial charge in [0.05, 0.1) is 24.3 Å². The first-order valence-electron chi connectivity index (χ1n) is 9.24. The van der Waals surface area contributed by atoms with E-state index in [1.807, 2.05) is 24.3 Å². The number of rotatable bonds is 2. The van der Waals surface area contributed by atoms with E-state index >= 15 is 0 Å². The molecule has 0 bridgehead atoms. The van der Waals surface area contributed by atoms with Crippen LogP contribution in [0.1, 0.15) is 33.0 Å². The Morgan fingerprint density at radius 2 is 1.80 bits per heavy atom. The Balaban J connectivity index is 1.91. The summed E-state index contributed by atoms with van der Waals surface area (Å²) in [5.74, 6) is 0.0390. The molecule has 1 atom stereocenters. The number of hydrogen-bond acceptors (Lipinski definition) is 5. The quantitative estimate of drug-likeness (QED) is 0.606. The van der Waals surface area contributed by atoms with Crippen LogP contribution in [0.3, 0.4) is 0 Å². The molecule has 2 N–H and O–H groups in total. The van der Waals surface area contributed by atoms with Crippen LogP contribution in [-0.4, -0.2) is 22.4 Å². The SMILES string of the molecule is COc1ccc(Br)cc1[C@@H]1C2=C(Nc3c1c(=O)[nH]c(=O)n3C)c1ccccc1C2=O. The molecule has 1 aliphatic carbocycles. The van der Waals surface area contributed by atoms with Crippen molar-refractivity contribution >= 4 is 33.2 Å². The highest BCUT2D eigenvalue weighted by Gasteiger charge is 2.43. The van der Waals surface area contributed by atoms with E-state index in [9.17, 15) is 14.4 Å². The molecule has 7 nitrogen and oxygen atoms in total. The number of aromatic nitrogens is 2. The van der Waals surface area contributed by atoms with Gasteiger partial charge in [-0.25, -0.2) is 4.79 Å². The fourth-order valence-corrected chi connectivity index (χ4v) is 4.65. The van der Waals surface area contributed by atoms with Crippen LogP contribution >= 0.6 is 15.9 Å². The van der Waals surface area contributed by atoms with Crippen molar-refractivity contribution in [2.45, 2.75) is 5.92 Å². The number of carbonyl (C=O) groups is 1. The fraction of sp³-hybridized carbons (Fsp3) is 0.136. The van der Waals surface area contributed by atoms with Gasteiger partial charge in [-0.3, -0.25) is 19.1 Å². The Hall–Kier alpha value is -3.39. The summed E-state index contributed by atoms with van der Waals surface area (Å²) in [6.07, 6.45) is 0. The van der Waals surface area contributed by atoms with E-state index in [0.717, 1.165) is 10.0 Å². The number of nitrogens with zero attached hydrogens (tertiary/aromatic N) is 1. The van der Waals surface area contributed by atoms with Crippen LogP contribution in [0.25, 0.3) is 5.70 Å². The Bertz CT molecular complexity index is 1400. The summed E-state index contributed by atoms with van der Waals surface area (Å²) in [7, 11) is 3.12. The minimum atomic E-state index is -0.709. The van der Waals surface area contributed by atoms with Crippen LogP contribution in [0, 0.1) is 0 Å². The van der Waals surface area contributed by atoms with Crippen LogP contribution < -0.4 is 21.3 Å². The number of carbonyl (C=O) groups excluding carboxylic acids is 1. The van der Waals surface area contributed by atoms with Crippen LogP contribution in [0.2, 0.25) is 0 Å². The number of anilines is 1. The second kappa shape index (κ2) is 6.56. The van der Waals surface area contributed by atoms with Gasteiger partial charge in [0.2, 0.25) is 0 Å². The number of ether oxygens (including phenoxy) is 1. The van der Waals surface area contributed by atoms with Crippen LogP contribution in [-0.2, 0) is 7.05 Å². The zero-order valence-electron chi connectivity index (χ0n) is 16.1. The topological polar surface area (TPSA) is 93.2 Å². The first-order valence-corrected chi connectivity index (χ1v) is 10.0. The molecule has 0 radical (unpaired) electrons. The third kappa shape index (κ3) is 2.46. The van der Waals surface area contributed by atoms with Crippen molar-refractivity contribution in [2.24, 2.45) is 7.05 Å². The molecule has 0 saturated heterocycles. The lowest BCUT2D eigenvalue weighted by Gasteiger charge is -2.29. The highest BCUT2D eigenvalue weighted by molar-refractivity contribution is 9.10. The maximum atomic E-state index is 13.4. The lowest BCUT2D eigenvalue weighted by molar-refractivity contribution is 0.103. The van der Waals surface area contributed by atoms with Crippen molar-refractivity contribution < 1.29 is 9.53 Å². The van der Waals surface area contributed by atoms with E-state index in [1.165, 1.54) is 4.57 Å². The van der Waals surface area contributed by atoms with Gasteiger partial charge < -0.3 is 10.1 Å². The summed E-state index contributed by atoms with van der Waals surface area (Å²) in [6.45, 7) is 0. The molecule has 3 aromatic rings. The fourth-order valence-electron chi connectivity index (χ4n) is 4.27. The highest BCUT2D eigenvalue weighted by atomic mass is 79.9. The van der Waals surface area contributed by atoms with Gasteiger partial charge in [0.1, 0.15) is 11.6 Å². The summed E-state index contributed by atoms with van der Waals surface area (Å²) >= 11 is 3.48. The Morgan fingerprint density at radius 1 is 1.07 bits per heavy atom. The monoisotopic (exact) mass is 465 g/mol. The van der Waals surface area contributed by atoms with Crippen molar-refractivity contribution in [2.75, 3.05) is 12.4 Å². The van der Waals surface area contributed by atoms with Crippen molar-refractivity contribution in [3.8, 4) is 5.75 Å². The van der Waals surface area contributed by atoms with Crippen molar-refractivity contribution in [1.29, 1.82) is 0 Å². The average molecular weight is 466 g/mol. The maximum absolute atomic E-state index is 13.4. The van der Waals surface area contributed by atoms with Gasteiger partial charge in [0, 0.05) is 33.8 Å². The Kier molecular flexibility index (Phi) is 4.08. The van der Waals surface area contributed by atoms with Crippen molar-refractivity contribution in [1.82, 2.24) is 9.55 Å². The number of allylic oxidation sites excluding steroid dienone is 1. The maximum Gasteiger partial charge on any atom is 0.329 e. The highest BCUT2D eigenvalue weighted by Crippen LogP contribution is 2.49. The summed E-state index contributed by atoms with van der Waals surface area (Å²) in [5, 5.41) is 3.20. The third-order valence-electron chi connectivity index (χ3n) is 5.64. The van der Waals surface area contributed by atoms with Crippen LogP contribution in [0.4, 0.5) is 5.82 Å². The molecule has 2 aromatic carbocycles. The predicted molar refractivity (Wildman–Crippen MR) is 116 cm³/mol. The minimum absolute atomic E-state index is 0.154. The second-order valence-electron chi connectivity index (χ2n) is 7.19. The minimum Gasteiger partial charge on any atom is -0.496 e. The smallest absolute Gasteiger partial charge is 0.329 e. The summed E-state index contributed by atoms with van der Waals surface area (Å²) in [5.41, 5.74) is 2.26. The molecule has 30 heavy (non-hydrogen) atoms. The first-order chi connectivity index (χ1) is 14.4. The number of halogens is 1. The number of hydrogen-bond donors (Lipinski definition) is 2. The van der Waals surface area contributed by atoms with Crippen LogP contribution in [0.5, 0.6) is 5.75 Å². The van der Waals surface area contributed by atoms with E-state index in [4.69, 9.17) is 4.74 Å². The normalized spacial score (nSPS) is 16.6. The standard InChI is InChI=1S/C22H16BrN3O4/c1-26-20-17(21(28)25-22(26)29)15(13-9-10(23)7-8-14(13)30-2)16-18(24-20)11-5-3-4-6-12(11)19(16)27/h3-9,15,24H,1-2H3,(H,25,28,29)/t15-/m1/s1. The number of methoxy groups -OCH3 is 1. The van der Waals surface area contributed by atoms with Gasteiger partial charge in [-0.15, -0.1) is 0 Å². The number of ketones is 1. The molecule has 0 spiro atoms. The molecule has 0 fully saturated rings. The van der Waals surface area contributed by atoms with E-state index in [2.05, 4.69) is 26.2 Å². The molecule has 2 aliphatic rings. The molecule has 5 rings (SSSR count). The summed E-state index contributed by atoms with van der Waals surface area (Å²) in [6, 6.07) is 12.7. The Morgan fingerprint density at radius 3 is 2.53 bits per heavy atom. The molecular formula is C22H16BrN3O4. The molecule has 2 heterocycles. The molecule has 8 heteroatoms. The first kappa shape index (κ1) is 18.6. The lowest BCUT2D eigenvalue weighted by Crippen LogP contribution is -2.37.